The lowest BCUT2D eigenvalue weighted by Gasteiger charge is -2.41. The smallest absolute Gasteiger partial charge is 0.269 e. The predicted octanol–water partition coefficient (Wildman–Crippen LogP) is 1.99. The van der Waals surface area contributed by atoms with E-state index in [-0.39, 0.29) is 5.91 Å². The molecule has 6 heteroatoms. The SMILES string of the molecule is CNC(=O)c1ccc(N2CCC(N3CC4(F)CCC3C4)CC2)cn1. The fourth-order valence-electron chi connectivity index (χ4n) is 4.65. The average Bonchev–Trinajstić information content (AvgIpc) is 3.17. The number of amides is 1. The summed E-state index contributed by atoms with van der Waals surface area (Å²) in [5, 5.41) is 2.58. The van der Waals surface area contributed by atoms with Gasteiger partial charge in [0.25, 0.3) is 5.91 Å². The molecule has 24 heavy (non-hydrogen) atoms. The fraction of sp³-hybridized carbons (Fsp3) is 0.667. The van der Waals surface area contributed by atoms with Crippen molar-refractivity contribution in [3.05, 3.63) is 24.0 Å². The van der Waals surface area contributed by atoms with Crippen molar-refractivity contribution in [3.8, 4) is 0 Å². The van der Waals surface area contributed by atoms with Crippen LogP contribution in [-0.4, -0.2) is 60.2 Å². The van der Waals surface area contributed by atoms with E-state index in [2.05, 4.69) is 20.1 Å². The van der Waals surface area contributed by atoms with Gasteiger partial charge in [-0.15, -0.1) is 0 Å². The summed E-state index contributed by atoms with van der Waals surface area (Å²) < 4.78 is 14.5. The number of piperidine rings is 2. The Morgan fingerprint density at radius 1 is 1.29 bits per heavy atom. The highest BCUT2D eigenvalue weighted by atomic mass is 19.1. The van der Waals surface area contributed by atoms with E-state index in [9.17, 15) is 9.18 Å². The van der Waals surface area contributed by atoms with E-state index < -0.39 is 5.67 Å². The zero-order chi connectivity index (χ0) is 16.7. The summed E-state index contributed by atoms with van der Waals surface area (Å²) in [6.45, 7) is 2.58. The molecule has 1 aromatic heterocycles. The number of nitrogens with one attached hydrogen (secondary N) is 1. The molecule has 0 spiro atoms. The first-order chi connectivity index (χ1) is 11.6. The molecule has 0 radical (unpaired) electrons. The molecule has 0 aromatic carbocycles. The van der Waals surface area contributed by atoms with Crippen LogP contribution in [0.5, 0.6) is 0 Å². The molecule has 2 aliphatic heterocycles. The maximum absolute atomic E-state index is 14.5. The largest absolute Gasteiger partial charge is 0.370 e. The molecule has 1 aromatic rings. The number of pyridine rings is 1. The summed E-state index contributed by atoms with van der Waals surface area (Å²) in [6.07, 6.45) is 6.46. The third kappa shape index (κ3) is 2.77. The Hall–Kier alpha value is -1.69. The molecule has 1 aliphatic carbocycles. The maximum atomic E-state index is 14.5. The van der Waals surface area contributed by atoms with Crippen LogP contribution < -0.4 is 10.2 Å². The van der Waals surface area contributed by atoms with E-state index in [0.29, 0.717) is 24.3 Å². The predicted molar refractivity (Wildman–Crippen MR) is 91.0 cm³/mol. The normalized spacial score (nSPS) is 30.8. The molecular formula is C18H25FN4O. The van der Waals surface area contributed by atoms with E-state index in [1.807, 2.05) is 6.07 Å². The third-order valence-corrected chi connectivity index (χ3v) is 5.97. The highest BCUT2D eigenvalue weighted by Gasteiger charge is 2.51. The third-order valence-electron chi connectivity index (χ3n) is 5.97. The van der Waals surface area contributed by atoms with Crippen LogP contribution in [0.15, 0.2) is 18.3 Å². The Balaban J connectivity index is 1.35. The summed E-state index contributed by atoms with van der Waals surface area (Å²) >= 11 is 0. The molecule has 1 saturated carbocycles. The van der Waals surface area contributed by atoms with Crippen LogP contribution in [0.1, 0.15) is 42.6 Å². The molecule has 3 fully saturated rings. The van der Waals surface area contributed by atoms with Crippen LogP contribution in [0.25, 0.3) is 0 Å². The minimum Gasteiger partial charge on any atom is -0.370 e. The first-order valence-electron chi connectivity index (χ1n) is 8.96. The minimum absolute atomic E-state index is 0.163. The van der Waals surface area contributed by atoms with Gasteiger partial charge in [0, 0.05) is 38.8 Å². The standard InChI is InChI=1S/C18H25FN4O/c1-20-17(24)16-3-2-15(11-21-16)22-8-5-13(6-9-22)23-12-18(19)7-4-14(23)10-18/h2-3,11,13-14H,4-10,12H2,1H3,(H,20,24). The second-order valence-corrected chi connectivity index (χ2v) is 7.42. The van der Waals surface area contributed by atoms with Gasteiger partial charge in [0.15, 0.2) is 0 Å². The lowest BCUT2D eigenvalue weighted by molar-refractivity contribution is 0.0827. The van der Waals surface area contributed by atoms with E-state index in [1.54, 1.807) is 19.3 Å². The van der Waals surface area contributed by atoms with E-state index in [4.69, 9.17) is 0 Å². The lowest BCUT2D eigenvalue weighted by atomic mass is 9.99. The van der Waals surface area contributed by atoms with Crippen molar-refractivity contribution in [2.45, 2.75) is 49.9 Å². The van der Waals surface area contributed by atoms with Crippen molar-refractivity contribution in [2.75, 3.05) is 31.6 Å². The summed E-state index contributed by atoms with van der Waals surface area (Å²) in [6, 6.07) is 4.72. The first-order valence-corrected chi connectivity index (χ1v) is 8.96. The highest BCUT2D eigenvalue weighted by Crippen LogP contribution is 2.45. The van der Waals surface area contributed by atoms with Gasteiger partial charge in [0.05, 0.1) is 11.9 Å². The summed E-state index contributed by atoms with van der Waals surface area (Å²) in [5.74, 6) is -0.163. The number of carbonyl (C=O) groups excluding carboxylic acids is 1. The molecule has 3 aliphatic rings. The number of rotatable bonds is 3. The van der Waals surface area contributed by atoms with Gasteiger partial charge in [-0.25, -0.2) is 9.37 Å². The molecule has 1 N–H and O–H groups in total. The monoisotopic (exact) mass is 332 g/mol. The van der Waals surface area contributed by atoms with Gasteiger partial charge in [0.1, 0.15) is 11.4 Å². The number of aromatic nitrogens is 1. The Kier molecular flexibility index (Phi) is 3.95. The van der Waals surface area contributed by atoms with Crippen molar-refractivity contribution in [3.63, 3.8) is 0 Å². The molecule has 130 valence electrons. The molecule has 4 rings (SSSR count). The van der Waals surface area contributed by atoms with E-state index in [0.717, 1.165) is 50.9 Å². The Morgan fingerprint density at radius 3 is 2.62 bits per heavy atom. The van der Waals surface area contributed by atoms with Crippen LogP contribution >= 0.6 is 0 Å². The Morgan fingerprint density at radius 2 is 2.08 bits per heavy atom. The Bertz CT molecular complexity index is 614. The van der Waals surface area contributed by atoms with Gasteiger partial charge in [0.2, 0.25) is 0 Å². The number of fused-ring (bicyclic) bond motifs is 2. The minimum atomic E-state index is -0.901. The molecule has 2 saturated heterocycles. The molecule has 1 amide bonds. The number of alkyl halides is 1. The number of carbonyl (C=O) groups is 1. The van der Waals surface area contributed by atoms with E-state index >= 15 is 0 Å². The summed E-state index contributed by atoms with van der Waals surface area (Å²) in [7, 11) is 1.61. The number of nitrogens with zero attached hydrogens (tertiary/aromatic N) is 3. The van der Waals surface area contributed by atoms with E-state index in [1.165, 1.54) is 0 Å². The number of anilines is 1. The van der Waals surface area contributed by atoms with Gasteiger partial charge in [-0.05, 0) is 44.2 Å². The highest BCUT2D eigenvalue weighted by molar-refractivity contribution is 5.92. The number of likely N-dealkylation sites (tertiary alicyclic amines) is 1. The average molecular weight is 332 g/mol. The maximum Gasteiger partial charge on any atom is 0.269 e. The quantitative estimate of drug-likeness (QED) is 0.920. The van der Waals surface area contributed by atoms with Crippen molar-refractivity contribution in [1.82, 2.24) is 15.2 Å². The van der Waals surface area contributed by atoms with Crippen LogP contribution in [0.3, 0.4) is 0 Å². The van der Waals surface area contributed by atoms with Crippen LogP contribution in [0.4, 0.5) is 10.1 Å². The van der Waals surface area contributed by atoms with Gasteiger partial charge in [-0.1, -0.05) is 0 Å². The zero-order valence-corrected chi connectivity index (χ0v) is 14.2. The number of hydrogen-bond donors (Lipinski definition) is 1. The van der Waals surface area contributed by atoms with Crippen molar-refractivity contribution in [1.29, 1.82) is 0 Å². The second kappa shape index (κ2) is 5.99. The van der Waals surface area contributed by atoms with Gasteiger partial charge < -0.3 is 10.2 Å². The van der Waals surface area contributed by atoms with Crippen molar-refractivity contribution < 1.29 is 9.18 Å². The number of halogens is 1. The van der Waals surface area contributed by atoms with Gasteiger partial charge in [-0.3, -0.25) is 9.69 Å². The lowest BCUT2D eigenvalue weighted by Crippen LogP contribution is -2.49. The van der Waals surface area contributed by atoms with Crippen molar-refractivity contribution >= 4 is 11.6 Å². The zero-order valence-electron chi connectivity index (χ0n) is 14.2. The Labute approximate surface area is 142 Å². The fourth-order valence-corrected chi connectivity index (χ4v) is 4.65. The summed E-state index contributed by atoms with van der Waals surface area (Å²) in [4.78, 5) is 20.6. The van der Waals surface area contributed by atoms with Crippen LogP contribution in [0.2, 0.25) is 0 Å². The van der Waals surface area contributed by atoms with Gasteiger partial charge in [-0.2, -0.15) is 0 Å². The molecule has 5 nitrogen and oxygen atoms in total. The van der Waals surface area contributed by atoms with Crippen molar-refractivity contribution in [2.24, 2.45) is 0 Å². The van der Waals surface area contributed by atoms with Crippen LogP contribution in [0, 0.1) is 0 Å². The molecule has 3 heterocycles. The van der Waals surface area contributed by atoms with Gasteiger partial charge >= 0.3 is 0 Å². The summed E-state index contributed by atoms with van der Waals surface area (Å²) in [5.41, 5.74) is 0.602. The second-order valence-electron chi connectivity index (χ2n) is 7.42. The molecule has 2 unspecified atom stereocenters. The molecule has 2 bridgehead atoms. The number of hydrogen-bond acceptors (Lipinski definition) is 4. The first kappa shape index (κ1) is 15.8. The van der Waals surface area contributed by atoms with Crippen LogP contribution in [-0.2, 0) is 0 Å². The molecular weight excluding hydrogens is 307 g/mol. The topological polar surface area (TPSA) is 48.5 Å². The molecule has 2 atom stereocenters.